The van der Waals surface area contributed by atoms with E-state index in [1.165, 1.54) is 0 Å². The summed E-state index contributed by atoms with van der Waals surface area (Å²) in [6.45, 7) is 3.03. The van der Waals surface area contributed by atoms with Crippen LogP contribution in [0.4, 0.5) is 0 Å². The average molecular weight is 420 g/mol. The Morgan fingerprint density at radius 3 is 2.23 bits per heavy atom. The summed E-state index contributed by atoms with van der Waals surface area (Å²) in [6.07, 6.45) is 0.644. The fraction of sp³-hybridized carbons (Fsp3) is 0.333. The minimum absolute atomic E-state index is 0.0394. The first-order valence-electron chi connectivity index (χ1n) is 10.4. The van der Waals surface area contributed by atoms with Gasteiger partial charge in [-0.15, -0.1) is 0 Å². The molecule has 0 radical (unpaired) electrons. The molecule has 2 atom stereocenters. The van der Waals surface area contributed by atoms with Crippen molar-refractivity contribution in [1.29, 1.82) is 0 Å². The van der Waals surface area contributed by atoms with Crippen LogP contribution in [-0.4, -0.2) is 59.6 Å². The first kappa shape index (κ1) is 20.3. The highest BCUT2D eigenvalue weighted by Gasteiger charge is 2.35. The highest BCUT2D eigenvalue weighted by atomic mass is 16.5. The Labute approximate surface area is 180 Å². The lowest BCUT2D eigenvalue weighted by atomic mass is 9.78. The average Bonchev–Trinajstić information content (AvgIpc) is 3.44. The number of hydrogen-bond donors (Lipinski definition) is 3. The van der Waals surface area contributed by atoms with Crippen molar-refractivity contribution in [2.45, 2.75) is 38.6 Å². The summed E-state index contributed by atoms with van der Waals surface area (Å²) in [4.78, 5) is 27.6. The van der Waals surface area contributed by atoms with E-state index >= 15 is 0 Å². The predicted molar refractivity (Wildman–Crippen MR) is 114 cm³/mol. The first-order valence-corrected chi connectivity index (χ1v) is 10.4. The number of likely N-dealkylation sites (tertiary alicyclic amines) is 1. The third-order valence-corrected chi connectivity index (χ3v) is 6.30. The van der Waals surface area contributed by atoms with Gasteiger partial charge in [-0.1, -0.05) is 12.1 Å². The Morgan fingerprint density at radius 2 is 1.58 bits per heavy atom. The molecule has 2 aromatic rings. The van der Waals surface area contributed by atoms with E-state index in [2.05, 4.69) is 5.32 Å². The van der Waals surface area contributed by atoms with Crippen molar-refractivity contribution in [1.82, 2.24) is 10.2 Å². The molecule has 2 aromatic carbocycles. The predicted octanol–water partition coefficient (Wildman–Crippen LogP) is -0.845. The van der Waals surface area contributed by atoms with Crippen molar-refractivity contribution in [3.8, 4) is 0 Å². The summed E-state index contributed by atoms with van der Waals surface area (Å²) < 4.78 is 10.4. The van der Waals surface area contributed by atoms with Gasteiger partial charge in [0.2, 0.25) is 0 Å². The maximum atomic E-state index is 13.1. The molecule has 3 aliphatic heterocycles. The van der Waals surface area contributed by atoms with Crippen molar-refractivity contribution in [3.63, 3.8) is 0 Å². The van der Waals surface area contributed by atoms with Crippen molar-refractivity contribution >= 4 is 37.0 Å². The fourth-order valence-corrected chi connectivity index (χ4v) is 4.56. The summed E-state index contributed by atoms with van der Waals surface area (Å²) >= 11 is 0. The maximum absolute atomic E-state index is 13.1. The zero-order chi connectivity index (χ0) is 21.7. The van der Waals surface area contributed by atoms with Gasteiger partial charge in [-0.05, 0) is 59.7 Å². The summed E-state index contributed by atoms with van der Waals surface area (Å²) in [5, 5.41) is 22.8. The van der Waals surface area contributed by atoms with Crippen molar-refractivity contribution in [2.75, 3.05) is 6.54 Å². The van der Waals surface area contributed by atoms with E-state index in [-0.39, 0.29) is 23.9 Å². The third kappa shape index (κ3) is 3.65. The second-order valence-electron chi connectivity index (χ2n) is 8.37. The van der Waals surface area contributed by atoms with Gasteiger partial charge in [0.25, 0.3) is 11.8 Å². The molecule has 31 heavy (non-hydrogen) atoms. The Morgan fingerprint density at radius 1 is 1.00 bits per heavy atom. The smallest absolute Gasteiger partial charge is 0.423 e. The quantitative estimate of drug-likeness (QED) is 0.559. The lowest BCUT2D eigenvalue weighted by molar-refractivity contribution is 0.0741. The Kier molecular flexibility index (Phi) is 5.10. The molecule has 158 valence electrons. The zero-order valence-electron chi connectivity index (χ0n) is 17.1. The second-order valence-corrected chi connectivity index (χ2v) is 8.37. The molecule has 0 aromatic heterocycles. The number of amides is 2. The van der Waals surface area contributed by atoms with E-state index in [9.17, 15) is 19.6 Å². The van der Waals surface area contributed by atoms with E-state index in [0.29, 0.717) is 48.2 Å². The van der Waals surface area contributed by atoms with Crippen molar-refractivity contribution < 1.29 is 28.9 Å². The zero-order valence-corrected chi connectivity index (χ0v) is 17.1. The van der Waals surface area contributed by atoms with Crippen molar-refractivity contribution in [3.05, 3.63) is 58.7 Å². The van der Waals surface area contributed by atoms with Gasteiger partial charge in [-0.25, -0.2) is 0 Å². The number of carbonyl (C=O) groups excluding carboxylic acids is 2. The van der Waals surface area contributed by atoms with Gasteiger partial charge in [-0.2, -0.15) is 0 Å². The summed E-state index contributed by atoms with van der Waals surface area (Å²) in [5.74, 6) is -0.379. The molecule has 5 rings (SSSR count). The lowest BCUT2D eigenvalue weighted by Gasteiger charge is -2.22. The van der Waals surface area contributed by atoms with Gasteiger partial charge in [0, 0.05) is 29.8 Å². The number of hydrogen-bond acceptors (Lipinski definition) is 6. The number of carbonyl (C=O) groups is 2. The molecular weight excluding hydrogens is 398 g/mol. The Balaban J connectivity index is 1.27. The highest BCUT2D eigenvalue weighted by molar-refractivity contribution is 6.62. The van der Waals surface area contributed by atoms with E-state index < -0.39 is 14.2 Å². The van der Waals surface area contributed by atoms with Crippen LogP contribution in [0.25, 0.3) is 0 Å². The minimum atomic E-state index is -1.00. The monoisotopic (exact) mass is 420 g/mol. The van der Waals surface area contributed by atoms with E-state index in [4.69, 9.17) is 9.31 Å². The van der Waals surface area contributed by atoms with Crippen LogP contribution in [0.15, 0.2) is 36.4 Å². The third-order valence-electron chi connectivity index (χ3n) is 6.30. The molecular formula is C21H22B2N2O6. The van der Waals surface area contributed by atoms with Gasteiger partial charge in [0.1, 0.15) is 0 Å². The van der Waals surface area contributed by atoms with Crippen LogP contribution in [0.2, 0.25) is 0 Å². The molecule has 2 unspecified atom stereocenters. The largest absolute Gasteiger partial charge is 0.491 e. The van der Waals surface area contributed by atoms with E-state index in [0.717, 1.165) is 11.1 Å². The number of rotatable bonds is 3. The van der Waals surface area contributed by atoms with Crippen LogP contribution in [0.3, 0.4) is 0 Å². The van der Waals surface area contributed by atoms with E-state index in [1.54, 1.807) is 35.2 Å². The minimum Gasteiger partial charge on any atom is -0.423 e. The van der Waals surface area contributed by atoms with Gasteiger partial charge in [0.05, 0.1) is 13.2 Å². The number of fused-ring (bicyclic) bond motifs is 2. The number of nitrogens with one attached hydrogen (secondary N) is 1. The fourth-order valence-electron chi connectivity index (χ4n) is 4.56. The molecule has 1 saturated heterocycles. The molecule has 0 bridgehead atoms. The summed E-state index contributed by atoms with van der Waals surface area (Å²) in [5.41, 5.74) is 3.95. The first-order chi connectivity index (χ1) is 14.9. The molecule has 0 aliphatic carbocycles. The van der Waals surface area contributed by atoms with Crippen LogP contribution in [-0.2, 0) is 22.5 Å². The van der Waals surface area contributed by atoms with Crippen LogP contribution in [0.5, 0.6) is 0 Å². The lowest BCUT2D eigenvalue weighted by Crippen LogP contribution is -2.40. The molecule has 3 aliphatic rings. The molecule has 3 heterocycles. The molecule has 0 spiro atoms. The van der Waals surface area contributed by atoms with Gasteiger partial charge < -0.3 is 29.6 Å². The second kappa shape index (κ2) is 7.80. The Hall–Kier alpha value is -2.65. The number of benzene rings is 2. The van der Waals surface area contributed by atoms with Gasteiger partial charge >= 0.3 is 14.2 Å². The van der Waals surface area contributed by atoms with Crippen LogP contribution in [0.1, 0.15) is 45.2 Å². The summed E-state index contributed by atoms with van der Waals surface area (Å²) in [6, 6.07) is 10.2. The molecule has 2 amide bonds. The molecule has 1 fully saturated rings. The van der Waals surface area contributed by atoms with Gasteiger partial charge in [0.15, 0.2) is 0 Å². The Bertz CT molecular complexity index is 1060. The van der Waals surface area contributed by atoms with Gasteiger partial charge in [-0.3, -0.25) is 9.59 Å². The van der Waals surface area contributed by atoms with Crippen molar-refractivity contribution in [2.24, 2.45) is 0 Å². The van der Waals surface area contributed by atoms with Crippen LogP contribution >= 0.6 is 0 Å². The van der Waals surface area contributed by atoms with Crippen LogP contribution in [0, 0.1) is 0 Å². The van der Waals surface area contributed by atoms with E-state index in [1.807, 2.05) is 13.0 Å². The highest BCUT2D eigenvalue weighted by Crippen LogP contribution is 2.22. The molecule has 3 N–H and O–H groups in total. The summed E-state index contributed by atoms with van der Waals surface area (Å²) in [7, 11) is -2.00. The molecule has 8 nitrogen and oxygen atoms in total. The van der Waals surface area contributed by atoms with Crippen LogP contribution < -0.4 is 16.2 Å². The SMILES string of the molecule is CC1CC(NC(=O)c2ccc3c(c2)B(O)OC3)CN1C(=O)c1ccc2c(c1)B(O)OC2. The normalized spacial score (nSPS) is 22.0. The maximum Gasteiger partial charge on any atom is 0.491 e. The molecule has 0 saturated carbocycles. The number of nitrogens with zero attached hydrogens (tertiary/aromatic N) is 1. The topological polar surface area (TPSA) is 108 Å². The molecule has 10 heteroatoms. The standard InChI is InChI=1S/C21H22B2N2O6/c1-12-6-17(24-20(26)13-2-4-15-10-30-22(28)18(15)7-13)9-25(12)21(27)14-3-5-16-11-31-23(29)19(16)8-14/h2-5,7-8,12,17,28-29H,6,9-11H2,1H3,(H,24,26).